The largest absolute Gasteiger partial charge is 0.472 e. The molecule has 0 aliphatic rings. The normalized spacial score (nSPS) is 8.82. The number of hydrogen-bond acceptors (Lipinski definition) is 2. The zero-order valence-corrected chi connectivity index (χ0v) is 8.94. The molecular formula is C7H9N2OY-. The predicted octanol–water partition coefficient (Wildman–Crippen LogP) is 1.36. The van der Waals surface area contributed by atoms with Gasteiger partial charge >= 0.3 is 0 Å². The van der Waals surface area contributed by atoms with Gasteiger partial charge in [-0.05, 0) is 5.56 Å². The Kier molecular flexibility index (Phi) is 7.01. The van der Waals surface area contributed by atoms with Gasteiger partial charge in [0.25, 0.3) is 0 Å². The van der Waals surface area contributed by atoms with Crippen molar-refractivity contribution in [3.05, 3.63) is 41.5 Å². The van der Waals surface area contributed by atoms with Gasteiger partial charge in [0.15, 0.2) is 0 Å². The van der Waals surface area contributed by atoms with Crippen molar-refractivity contribution < 1.29 is 37.5 Å². The van der Waals surface area contributed by atoms with Crippen molar-refractivity contribution in [2.45, 2.75) is 6.61 Å². The number of nitrogens with two attached hydrogens (primary N) is 1. The van der Waals surface area contributed by atoms with Gasteiger partial charge in [-0.3, -0.25) is 0 Å². The van der Waals surface area contributed by atoms with Gasteiger partial charge in [0, 0.05) is 32.7 Å². The molecule has 1 aromatic rings. The first-order chi connectivity index (χ1) is 4.93. The van der Waals surface area contributed by atoms with Crippen LogP contribution in [0.3, 0.4) is 0 Å². The fourth-order valence-corrected chi connectivity index (χ4v) is 0.686. The smallest absolute Gasteiger partial charge is 0.0514 e. The van der Waals surface area contributed by atoms with Crippen LogP contribution in [0.15, 0.2) is 30.3 Å². The van der Waals surface area contributed by atoms with Crippen molar-refractivity contribution >= 4 is 0 Å². The quantitative estimate of drug-likeness (QED) is 0.624. The molecule has 0 atom stereocenters. The summed E-state index contributed by atoms with van der Waals surface area (Å²) in [7, 11) is 0. The predicted molar refractivity (Wildman–Crippen MR) is 38.8 cm³/mol. The third kappa shape index (κ3) is 4.61. The van der Waals surface area contributed by atoms with Gasteiger partial charge in [-0.1, -0.05) is 30.3 Å². The minimum Gasteiger partial charge on any atom is -0.472 e. The van der Waals surface area contributed by atoms with Crippen molar-refractivity contribution in [2.24, 2.45) is 5.84 Å². The Morgan fingerprint density at radius 2 is 1.91 bits per heavy atom. The maximum atomic E-state index is 4.78. The number of benzene rings is 1. The zero-order valence-electron chi connectivity index (χ0n) is 6.10. The van der Waals surface area contributed by atoms with E-state index in [0.717, 1.165) is 5.56 Å². The van der Waals surface area contributed by atoms with E-state index in [1.54, 1.807) is 0 Å². The third-order valence-electron chi connectivity index (χ3n) is 1.15. The van der Waals surface area contributed by atoms with Crippen LogP contribution in [-0.4, -0.2) is 0 Å². The Bertz CT molecular complexity index is 181. The minimum absolute atomic E-state index is 0. The topological polar surface area (TPSA) is 49.4 Å². The fraction of sp³-hybridized carbons (Fsp3) is 0.143. The summed E-state index contributed by atoms with van der Waals surface area (Å²) in [6, 6.07) is 9.73. The van der Waals surface area contributed by atoms with E-state index in [1.165, 1.54) is 0 Å². The van der Waals surface area contributed by atoms with Gasteiger partial charge in [-0.15, -0.1) is 0 Å². The Hall–Kier alpha value is 0.204. The van der Waals surface area contributed by atoms with Gasteiger partial charge in [0.05, 0.1) is 6.61 Å². The summed E-state index contributed by atoms with van der Waals surface area (Å²) in [6.07, 6.45) is 0. The third-order valence-corrected chi connectivity index (χ3v) is 1.15. The van der Waals surface area contributed by atoms with Crippen LogP contribution in [0.1, 0.15) is 5.56 Å². The van der Waals surface area contributed by atoms with Gasteiger partial charge in [-0.2, -0.15) is 0 Å². The van der Waals surface area contributed by atoms with E-state index in [-0.39, 0.29) is 32.7 Å². The molecule has 0 unspecified atom stereocenters. The second-order valence-electron chi connectivity index (χ2n) is 1.86. The summed E-state index contributed by atoms with van der Waals surface area (Å²) < 4.78 is 0. The van der Waals surface area contributed by atoms with Gasteiger partial charge in [0.1, 0.15) is 0 Å². The maximum absolute atomic E-state index is 4.78. The zero-order chi connectivity index (χ0) is 7.23. The standard InChI is InChI=1S/C7H9N2O.Y/c8-9-10-6-7-4-2-1-3-5-7;/h1-5H,6,8H2;/q-1;. The summed E-state index contributed by atoms with van der Waals surface area (Å²) in [4.78, 5) is 4.62. The fourth-order valence-electron chi connectivity index (χ4n) is 0.686. The molecule has 2 N–H and O–H groups in total. The van der Waals surface area contributed by atoms with Gasteiger partial charge in [0.2, 0.25) is 0 Å². The molecule has 0 bridgehead atoms. The van der Waals surface area contributed by atoms with E-state index in [4.69, 9.17) is 5.84 Å². The SMILES string of the molecule is N[N-]OCc1ccccc1.[Y]. The molecule has 0 aliphatic carbocycles. The molecule has 4 heteroatoms. The first kappa shape index (κ1) is 11.2. The van der Waals surface area contributed by atoms with E-state index in [0.29, 0.717) is 6.61 Å². The molecule has 3 nitrogen and oxygen atoms in total. The van der Waals surface area contributed by atoms with Crippen molar-refractivity contribution in [2.75, 3.05) is 0 Å². The van der Waals surface area contributed by atoms with Crippen LogP contribution >= 0.6 is 0 Å². The second-order valence-corrected chi connectivity index (χ2v) is 1.86. The first-order valence-corrected chi connectivity index (χ1v) is 2.99. The van der Waals surface area contributed by atoms with E-state index >= 15 is 0 Å². The molecule has 0 aliphatic heterocycles. The maximum Gasteiger partial charge on any atom is 0.0514 e. The molecule has 0 fully saturated rings. The summed E-state index contributed by atoms with van der Waals surface area (Å²) in [5.41, 5.74) is 4.10. The van der Waals surface area contributed by atoms with Crippen LogP contribution in [0.4, 0.5) is 0 Å². The Balaban J connectivity index is 0.000001000. The molecule has 0 aromatic heterocycles. The van der Waals surface area contributed by atoms with Crippen molar-refractivity contribution in [1.29, 1.82) is 0 Å². The van der Waals surface area contributed by atoms with Gasteiger partial charge in [-0.25, -0.2) is 0 Å². The molecule has 0 spiro atoms. The summed E-state index contributed by atoms with van der Waals surface area (Å²) in [5.74, 6) is 4.78. The molecule has 0 saturated carbocycles. The second kappa shape index (κ2) is 6.89. The van der Waals surface area contributed by atoms with Crippen LogP contribution in [-0.2, 0) is 44.2 Å². The minimum atomic E-state index is 0. The molecule has 11 heavy (non-hydrogen) atoms. The van der Waals surface area contributed by atoms with E-state index in [9.17, 15) is 0 Å². The number of nitrogens with zero attached hydrogens (tertiary/aromatic N) is 1. The van der Waals surface area contributed by atoms with Crippen molar-refractivity contribution in [3.63, 3.8) is 0 Å². The van der Waals surface area contributed by atoms with Crippen molar-refractivity contribution in [3.8, 4) is 0 Å². The average molecular weight is 226 g/mol. The summed E-state index contributed by atoms with van der Waals surface area (Å²) >= 11 is 0. The number of rotatable bonds is 3. The van der Waals surface area contributed by atoms with E-state index in [2.05, 4.69) is 10.4 Å². The van der Waals surface area contributed by atoms with Crippen LogP contribution in [0.2, 0.25) is 0 Å². The Labute approximate surface area is 91.1 Å². The Morgan fingerprint density at radius 1 is 1.27 bits per heavy atom. The van der Waals surface area contributed by atoms with Crippen LogP contribution in [0, 0.1) is 0 Å². The van der Waals surface area contributed by atoms with E-state index in [1.807, 2.05) is 30.3 Å². The molecule has 0 amide bonds. The van der Waals surface area contributed by atoms with E-state index < -0.39 is 0 Å². The Morgan fingerprint density at radius 3 is 2.45 bits per heavy atom. The van der Waals surface area contributed by atoms with Crippen LogP contribution in [0.25, 0.3) is 5.59 Å². The summed E-state index contributed by atoms with van der Waals surface area (Å²) in [6.45, 7) is 0.442. The van der Waals surface area contributed by atoms with Crippen molar-refractivity contribution in [1.82, 2.24) is 0 Å². The molecule has 57 valence electrons. The monoisotopic (exact) mass is 226 g/mol. The molecule has 0 saturated heterocycles. The molecular weight excluding hydrogens is 217 g/mol. The summed E-state index contributed by atoms with van der Waals surface area (Å²) in [5, 5.41) is 0. The van der Waals surface area contributed by atoms with Crippen LogP contribution < -0.4 is 5.84 Å². The van der Waals surface area contributed by atoms with Crippen LogP contribution in [0.5, 0.6) is 0 Å². The number of hydrogen-bond donors (Lipinski definition) is 1. The average Bonchev–Trinajstić information content (AvgIpc) is 2.03. The molecule has 1 radical (unpaired) electrons. The van der Waals surface area contributed by atoms with Gasteiger partial charge < -0.3 is 16.3 Å². The molecule has 1 rings (SSSR count). The molecule has 0 heterocycles. The molecule has 1 aromatic carbocycles. The first-order valence-electron chi connectivity index (χ1n) is 2.99.